The molecule has 2 heteroatoms. The lowest BCUT2D eigenvalue weighted by Gasteiger charge is -2.11. The van der Waals surface area contributed by atoms with Crippen LogP contribution in [0.15, 0.2) is 52.3 Å². The van der Waals surface area contributed by atoms with Gasteiger partial charge in [0.1, 0.15) is 0 Å². The molecule has 94 valence electrons. The van der Waals surface area contributed by atoms with Crippen LogP contribution >= 0.6 is 11.8 Å². The molecule has 0 bridgehead atoms. The average Bonchev–Trinajstić information content (AvgIpc) is 2.35. The number of hydrogen-bond acceptors (Lipinski definition) is 2. The Balaban J connectivity index is 2.31. The predicted octanol–water partition coefficient (Wildman–Crippen LogP) is 4.17. The van der Waals surface area contributed by atoms with Gasteiger partial charge in [0.25, 0.3) is 0 Å². The number of aryl methyl sites for hydroxylation is 2. The second-order valence-corrected chi connectivity index (χ2v) is 5.59. The second-order valence-electron chi connectivity index (χ2n) is 4.51. The molecule has 0 aliphatic carbocycles. The third kappa shape index (κ3) is 3.15. The minimum Gasteiger partial charge on any atom is -0.316 e. The molecule has 0 spiro atoms. The van der Waals surface area contributed by atoms with Crippen LogP contribution in [-0.2, 0) is 6.54 Å². The Morgan fingerprint density at radius 1 is 1.00 bits per heavy atom. The fourth-order valence-electron chi connectivity index (χ4n) is 1.93. The first-order chi connectivity index (χ1) is 8.70. The third-order valence-electron chi connectivity index (χ3n) is 2.90. The van der Waals surface area contributed by atoms with E-state index in [1.54, 1.807) is 0 Å². The monoisotopic (exact) mass is 257 g/mol. The molecule has 2 aromatic rings. The summed E-state index contributed by atoms with van der Waals surface area (Å²) >= 11 is 1.85. The highest BCUT2D eigenvalue weighted by Gasteiger charge is 2.06. The van der Waals surface area contributed by atoms with Gasteiger partial charge in [0.05, 0.1) is 0 Å². The van der Waals surface area contributed by atoms with Crippen molar-refractivity contribution in [2.24, 2.45) is 0 Å². The van der Waals surface area contributed by atoms with Gasteiger partial charge in [-0.2, -0.15) is 0 Å². The summed E-state index contributed by atoms with van der Waals surface area (Å²) in [5.74, 6) is 0. The minimum atomic E-state index is 0.913. The van der Waals surface area contributed by atoms with E-state index < -0.39 is 0 Å². The van der Waals surface area contributed by atoms with Crippen LogP contribution in [0.4, 0.5) is 0 Å². The molecule has 0 fully saturated rings. The molecule has 0 saturated carbocycles. The topological polar surface area (TPSA) is 12.0 Å². The van der Waals surface area contributed by atoms with Crippen molar-refractivity contribution >= 4 is 11.8 Å². The summed E-state index contributed by atoms with van der Waals surface area (Å²) in [5.41, 5.74) is 4.01. The van der Waals surface area contributed by atoms with E-state index in [2.05, 4.69) is 61.6 Å². The predicted molar refractivity (Wildman–Crippen MR) is 79.2 cm³/mol. The van der Waals surface area contributed by atoms with Gasteiger partial charge >= 0.3 is 0 Å². The first-order valence-electron chi connectivity index (χ1n) is 6.18. The molecule has 0 unspecified atom stereocenters. The fraction of sp³-hybridized carbons (Fsp3) is 0.250. The zero-order valence-electron chi connectivity index (χ0n) is 11.2. The van der Waals surface area contributed by atoms with Gasteiger partial charge < -0.3 is 5.32 Å². The van der Waals surface area contributed by atoms with Crippen LogP contribution in [-0.4, -0.2) is 7.05 Å². The van der Waals surface area contributed by atoms with Crippen molar-refractivity contribution in [1.82, 2.24) is 5.32 Å². The van der Waals surface area contributed by atoms with E-state index in [4.69, 9.17) is 0 Å². The van der Waals surface area contributed by atoms with Crippen molar-refractivity contribution in [3.8, 4) is 0 Å². The molecule has 0 aromatic heterocycles. The second kappa shape index (κ2) is 6.07. The molecular weight excluding hydrogens is 238 g/mol. The first-order valence-corrected chi connectivity index (χ1v) is 7.00. The molecule has 1 nitrogen and oxygen atoms in total. The Bertz CT molecular complexity index is 534. The fourth-order valence-corrected chi connectivity index (χ4v) is 2.94. The van der Waals surface area contributed by atoms with Gasteiger partial charge in [0.2, 0.25) is 0 Å². The van der Waals surface area contributed by atoms with Crippen molar-refractivity contribution in [3.05, 3.63) is 59.2 Å². The van der Waals surface area contributed by atoms with E-state index in [1.807, 2.05) is 18.8 Å². The number of rotatable bonds is 4. The third-order valence-corrected chi connectivity index (χ3v) is 4.19. The lowest BCUT2D eigenvalue weighted by atomic mass is 10.1. The summed E-state index contributed by atoms with van der Waals surface area (Å²) in [6.45, 7) is 5.21. The summed E-state index contributed by atoms with van der Waals surface area (Å²) in [4.78, 5) is 2.67. The van der Waals surface area contributed by atoms with Gasteiger partial charge in [-0.25, -0.2) is 0 Å². The van der Waals surface area contributed by atoms with E-state index in [0.717, 1.165) is 6.54 Å². The molecule has 18 heavy (non-hydrogen) atoms. The van der Waals surface area contributed by atoms with Crippen molar-refractivity contribution in [2.45, 2.75) is 30.2 Å². The molecule has 0 aliphatic rings. The largest absolute Gasteiger partial charge is 0.316 e. The van der Waals surface area contributed by atoms with Gasteiger partial charge in [-0.15, -0.1) is 0 Å². The summed E-state index contributed by atoms with van der Waals surface area (Å²) in [5, 5.41) is 3.24. The zero-order chi connectivity index (χ0) is 13.0. The van der Waals surface area contributed by atoms with Crippen LogP contribution in [0.25, 0.3) is 0 Å². The van der Waals surface area contributed by atoms with E-state index in [1.165, 1.54) is 26.5 Å². The van der Waals surface area contributed by atoms with E-state index in [9.17, 15) is 0 Å². The SMILES string of the molecule is CNCc1cc(C)ccc1Sc1ccccc1C. The summed E-state index contributed by atoms with van der Waals surface area (Å²) in [7, 11) is 1.99. The number of hydrogen-bond donors (Lipinski definition) is 1. The Kier molecular flexibility index (Phi) is 4.45. The Labute approximate surface area is 114 Å². The van der Waals surface area contributed by atoms with E-state index in [-0.39, 0.29) is 0 Å². The van der Waals surface area contributed by atoms with Gasteiger partial charge in [0.15, 0.2) is 0 Å². The standard InChI is InChI=1S/C16H19NS/c1-12-8-9-16(14(10-12)11-17-3)18-15-7-5-4-6-13(15)2/h4-10,17H,11H2,1-3H3. The van der Waals surface area contributed by atoms with Crippen LogP contribution in [0.5, 0.6) is 0 Å². The molecule has 1 N–H and O–H groups in total. The minimum absolute atomic E-state index is 0.913. The van der Waals surface area contributed by atoms with Crippen LogP contribution in [0.3, 0.4) is 0 Å². The normalized spacial score (nSPS) is 10.6. The highest BCUT2D eigenvalue weighted by Crippen LogP contribution is 2.32. The Morgan fingerprint density at radius 3 is 2.50 bits per heavy atom. The maximum atomic E-state index is 3.24. The summed E-state index contributed by atoms with van der Waals surface area (Å²) in [6, 6.07) is 15.2. The summed E-state index contributed by atoms with van der Waals surface area (Å²) in [6.07, 6.45) is 0. The van der Waals surface area contributed by atoms with Gasteiger partial charge in [0, 0.05) is 16.3 Å². The van der Waals surface area contributed by atoms with E-state index >= 15 is 0 Å². The lowest BCUT2D eigenvalue weighted by molar-refractivity contribution is 0.802. The molecule has 0 amide bonds. The molecule has 2 rings (SSSR count). The van der Waals surface area contributed by atoms with Crippen molar-refractivity contribution in [1.29, 1.82) is 0 Å². The maximum Gasteiger partial charge on any atom is 0.0213 e. The van der Waals surface area contributed by atoms with Crippen molar-refractivity contribution in [2.75, 3.05) is 7.05 Å². The molecule has 0 saturated heterocycles. The molecule has 0 atom stereocenters. The Hall–Kier alpha value is -1.25. The quantitative estimate of drug-likeness (QED) is 0.882. The molecule has 0 heterocycles. The van der Waals surface area contributed by atoms with Crippen LogP contribution in [0.1, 0.15) is 16.7 Å². The van der Waals surface area contributed by atoms with Crippen LogP contribution in [0.2, 0.25) is 0 Å². The number of benzene rings is 2. The van der Waals surface area contributed by atoms with Crippen LogP contribution in [0, 0.1) is 13.8 Å². The van der Waals surface area contributed by atoms with Gasteiger partial charge in [-0.05, 0) is 44.2 Å². The van der Waals surface area contributed by atoms with Crippen molar-refractivity contribution < 1.29 is 0 Å². The Morgan fingerprint density at radius 2 is 1.78 bits per heavy atom. The maximum absolute atomic E-state index is 3.24. The molecule has 0 radical (unpaired) electrons. The molecule has 2 aromatic carbocycles. The first kappa shape index (κ1) is 13.2. The molecular formula is C16H19NS. The molecule has 0 aliphatic heterocycles. The number of nitrogens with one attached hydrogen (secondary N) is 1. The smallest absolute Gasteiger partial charge is 0.0213 e. The zero-order valence-corrected chi connectivity index (χ0v) is 12.0. The van der Waals surface area contributed by atoms with E-state index in [0.29, 0.717) is 0 Å². The average molecular weight is 257 g/mol. The van der Waals surface area contributed by atoms with Crippen LogP contribution < -0.4 is 5.32 Å². The van der Waals surface area contributed by atoms with Gasteiger partial charge in [-0.1, -0.05) is 47.7 Å². The van der Waals surface area contributed by atoms with Gasteiger partial charge in [-0.3, -0.25) is 0 Å². The highest BCUT2D eigenvalue weighted by molar-refractivity contribution is 7.99. The summed E-state index contributed by atoms with van der Waals surface area (Å²) < 4.78 is 0. The highest BCUT2D eigenvalue weighted by atomic mass is 32.2. The van der Waals surface area contributed by atoms with Crippen molar-refractivity contribution in [3.63, 3.8) is 0 Å². The lowest BCUT2D eigenvalue weighted by Crippen LogP contribution is -2.06.